The lowest BCUT2D eigenvalue weighted by atomic mass is 9.91. The first-order valence-electron chi connectivity index (χ1n) is 5.53. The second-order valence-corrected chi connectivity index (χ2v) is 4.72. The zero-order valence-electron chi connectivity index (χ0n) is 9.09. The summed E-state index contributed by atoms with van der Waals surface area (Å²) < 4.78 is 0. The van der Waals surface area contributed by atoms with Gasteiger partial charge in [0.15, 0.2) is 0 Å². The number of hydrogen-bond acceptors (Lipinski definition) is 2. The number of rotatable bonds is 3. The molecule has 0 aromatic heterocycles. The van der Waals surface area contributed by atoms with Crippen molar-refractivity contribution in [2.45, 2.75) is 64.6 Å². The topological polar surface area (TPSA) is 32.3 Å². The molecule has 0 heterocycles. The molecular weight excluding hydrogens is 162 g/mol. The highest BCUT2D eigenvalue weighted by Crippen LogP contribution is 2.19. The second kappa shape index (κ2) is 4.97. The molecule has 0 radical (unpaired) electrons. The molecule has 0 aromatic rings. The summed E-state index contributed by atoms with van der Waals surface area (Å²) in [6, 6.07) is 1.11. The van der Waals surface area contributed by atoms with Crippen molar-refractivity contribution in [1.82, 2.24) is 5.32 Å². The summed E-state index contributed by atoms with van der Waals surface area (Å²) >= 11 is 0. The van der Waals surface area contributed by atoms with Crippen LogP contribution < -0.4 is 5.32 Å². The van der Waals surface area contributed by atoms with Crippen LogP contribution in [-0.4, -0.2) is 23.3 Å². The van der Waals surface area contributed by atoms with Crippen LogP contribution in [0.5, 0.6) is 0 Å². The molecule has 1 aliphatic rings. The van der Waals surface area contributed by atoms with Gasteiger partial charge in [-0.1, -0.05) is 13.8 Å². The van der Waals surface area contributed by atoms with Crippen molar-refractivity contribution in [3.8, 4) is 0 Å². The minimum atomic E-state index is -0.0642. The van der Waals surface area contributed by atoms with Crippen molar-refractivity contribution in [3.63, 3.8) is 0 Å². The van der Waals surface area contributed by atoms with Crippen molar-refractivity contribution in [2.75, 3.05) is 0 Å². The molecule has 3 atom stereocenters. The van der Waals surface area contributed by atoms with Crippen LogP contribution in [0.2, 0.25) is 0 Å². The smallest absolute Gasteiger partial charge is 0.0555 e. The van der Waals surface area contributed by atoms with Gasteiger partial charge >= 0.3 is 0 Å². The Morgan fingerprint density at radius 3 is 2.46 bits per heavy atom. The molecule has 1 aliphatic carbocycles. The molecule has 13 heavy (non-hydrogen) atoms. The van der Waals surface area contributed by atoms with Gasteiger partial charge in [0.25, 0.3) is 0 Å². The third kappa shape index (κ3) is 3.65. The second-order valence-electron chi connectivity index (χ2n) is 4.72. The van der Waals surface area contributed by atoms with E-state index in [1.807, 2.05) is 0 Å². The number of nitrogens with one attached hydrogen (secondary N) is 1. The normalized spacial score (nSPS) is 32.1. The summed E-state index contributed by atoms with van der Waals surface area (Å²) in [6.45, 7) is 6.69. The fourth-order valence-electron chi connectivity index (χ4n) is 1.88. The lowest BCUT2D eigenvalue weighted by Crippen LogP contribution is -2.43. The van der Waals surface area contributed by atoms with Crippen LogP contribution in [0.15, 0.2) is 0 Å². The van der Waals surface area contributed by atoms with E-state index in [0.29, 0.717) is 18.0 Å². The zero-order chi connectivity index (χ0) is 9.84. The lowest BCUT2D eigenvalue weighted by molar-refractivity contribution is 0.107. The highest BCUT2D eigenvalue weighted by atomic mass is 16.3. The maximum Gasteiger partial charge on any atom is 0.0555 e. The van der Waals surface area contributed by atoms with Crippen LogP contribution in [0.25, 0.3) is 0 Å². The Kier molecular flexibility index (Phi) is 4.20. The Hall–Kier alpha value is -0.0800. The van der Waals surface area contributed by atoms with E-state index in [9.17, 15) is 5.11 Å². The first kappa shape index (κ1) is 11.0. The Morgan fingerprint density at radius 1 is 1.23 bits per heavy atom. The lowest BCUT2D eigenvalue weighted by Gasteiger charge is -2.30. The average molecular weight is 185 g/mol. The van der Waals surface area contributed by atoms with E-state index >= 15 is 0 Å². The van der Waals surface area contributed by atoms with E-state index in [4.69, 9.17) is 0 Å². The SMILES string of the molecule is CC(C)C(C)NC1CCCC(O)C1. The molecule has 3 unspecified atom stereocenters. The Morgan fingerprint density at radius 2 is 1.92 bits per heavy atom. The molecule has 0 amide bonds. The van der Waals surface area contributed by atoms with E-state index in [1.54, 1.807) is 0 Å². The van der Waals surface area contributed by atoms with Crippen LogP contribution >= 0.6 is 0 Å². The van der Waals surface area contributed by atoms with E-state index in [2.05, 4.69) is 26.1 Å². The van der Waals surface area contributed by atoms with Gasteiger partial charge in [-0.15, -0.1) is 0 Å². The van der Waals surface area contributed by atoms with Gasteiger partial charge < -0.3 is 10.4 Å². The highest BCUT2D eigenvalue weighted by molar-refractivity contribution is 4.80. The van der Waals surface area contributed by atoms with Gasteiger partial charge in [-0.05, 0) is 38.5 Å². The molecule has 1 saturated carbocycles. The van der Waals surface area contributed by atoms with Crippen molar-refractivity contribution >= 4 is 0 Å². The number of aliphatic hydroxyl groups is 1. The summed E-state index contributed by atoms with van der Waals surface area (Å²) in [7, 11) is 0. The van der Waals surface area contributed by atoms with E-state index in [1.165, 1.54) is 12.8 Å². The van der Waals surface area contributed by atoms with Gasteiger partial charge in [-0.2, -0.15) is 0 Å². The molecule has 0 bridgehead atoms. The fraction of sp³-hybridized carbons (Fsp3) is 1.00. The number of aliphatic hydroxyl groups excluding tert-OH is 1. The van der Waals surface area contributed by atoms with Gasteiger partial charge in [-0.25, -0.2) is 0 Å². The van der Waals surface area contributed by atoms with Crippen LogP contribution in [0, 0.1) is 5.92 Å². The maximum absolute atomic E-state index is 9.49. The summed E-state index contributed by atoms with van der Waals surface area (Å²) in [5.41, 5.74) is 0. The van der Waals surface area contributed by atoms with Crippen molar-refractivity contribution in [1.29, 1.82) is 0 Å². The third-order valence-electron chi connectivity index (χ3n) is 3.15. The van der Waals surface area contributed by atoms with Gasteiger partial charge in [-0.3, -0.25) is 0 Å². The summed E-state index contributed by atoms with van der Waals surface area (Å²) in [6.07, 6.45) is 4.27. The molecule has 0 aromatic carbocycles. The average Bonchev–Trinajstić information content (AvgIpc) is 2.04. The standard InChI is InChI=1S/C11H23NO/c1-8(2)9(3)12-10-5-4-6-11(13)7-10/h8-13H,4-7H2,1-3H3. The van der Waals surface area contributed by atoms with Gasteiger partial charge in [0, 0.05) is 12.1 Å². The van der Waals surface area contributed by atoms with Crippen molar-refractivity contribution in [2.24, 2.45) is 5.92 Å². The molecule has 2 nitrogen and oxygen atoms in total. The van der Waals surface area contributed by atoms with Crippen molar-refractivity contribution in [3.05, 3.63) is 0 Å². The van der Waals surface area contributed by atoms with Gasteiger partial charge in [0.2, 0.25) is 0 Å². The zero-order valence-corrected chi connectivity index (χ0v) is 9.09. The van der Waals surface area contributed by atoms with Crippen LogP contribution in [0.3, 0.4) is 0 Å². The molecule has 0 spiro atoms. The molecule has 0 aliphatic heterocycles. The van der Waals surface area contributed by atoms with E-state index in [-0.39, 0.29) is 6.10 Å². The Balaban J connectivity index is 2.27. The minimum Gasteiger partial charge on any atom is -0.393 e. The van der Waals surface area contributed by atoms with E-state index < -0.39 is 0 Å². The monoisotopic (exact) mass is 185 g/mol. The van der Waals surface area contributed by atoms with Crippen LogP contribution in [0.4, 0.5) is 0 Å². The largest absolute Gasteiger partial charge is 0.393 e. The van der Waals surface area contributed by atoms with Crippen molar-refractivity contribution < 1.29 is 5.11 Å². The third-order valence-corrected chi connectivity index (χ3v) is 3.15. The molecular formula is C11H23NO. The Bertz CT molecular complexity index is 147. The first-order valence-corrected chi connectivity index (χ1v) is 5.53. The Labute approximate surface area is 81.7 Å². The van der Waals surface area contributed by atoms with Crippen LogP contribution in [-0.2, 0) is 0 Å². The molecule has 0 saturated heterocycles. The summed E-state index contributed by atoms with van der Waals surface area (Å²) in [4.78, 5) is 0. The number of hydrogen-bond donors (Lipinski definition) is 2. The van der Waals surface area contributed by atoms with Gasteiger partial charge in [0.1, 0.15) is 0 Å². The van der Waals surface area contributed by atoms with Gasteiger partial charge in [0.05, 0.1) is 6.10 Å². The molecule has 2 heteroatoms. The summed E-state index contributed by atoms with van der Waals surface area (Å²) in [5, 5.41) is 13.1. The maximum atomic E-state index is 9.49. The summed E-state index contributed by atoms with van der Waals surface area (Å²) in [5.74, 6) is 0.680. The van der Waals surface area contributed by atoms with Crippen LogP contribution in [0.1, 0.15) is 46.5 Å². The predicted octanol–water partition coefficient (Wildman–Crippen LogP) is 1.92. The predicted molar refractivity (Wildman–Crippen MR) is 55.7 cm³/mol. The molecule has 78 valence electrons. The first-order chi connectivity index (χ1) is 6.09. The molecule has 2 N–H and O–H groups in total. The minimum absolute atomic E-state index is 0.0642. The molecule has 1 fully saturated rings. The quantitative estimate of drug-likeness (QED) is 0.704. The fourth-order valence-corrected chi connectivity index (χ4v) is 1.88. The molecule has 1 rings (SSSR count). The highest BCUT2D eigenvalue weighted by Gasteiger charge is 2.21. The van der Waals surface area contributed by atoms with E-state index in [0.717, 1.165) is 12.8 Å².